The molecule has 0 heterocycles. The van der Waals surface area contributed by atoms with Crippen molar-refractivity contribution in [3.8, 4) is 0 Å². The zero-order valence-electron chi connectivity index (χ0n) is 9.17. The third-order valence-electron chi connectivity index (χ3n) is 1.99. The summed E-state index contributed by atoms with van der Waals surface area (Å²) in [7, 11) is 0. The van der Waals surface area contributed by atoms with E-state index < -0.39 is 0 Å². The van der Waals surface area contributed by atoms with Gasteiger partial charge in [0, 0.05) is 5.70 Å². The average molecular weight is 179 g/mol. The van der Waals surface area contributed by atoms with Gasteiger partial charge < -0.3 is 5.73 Å². The van der Waals surface area contributed by atoms with Crippen molar-refractivity contribution < 1.29 is 0 Å². The van der Waals surface area contributed by atoms with Crippen LogP contribution >= 0.6 is 0 Å². The molecule has 0 aromatic rings. The molecule has 0 aliphatic carbocycles. The molecule has 0 aliphatic rings. The van der Waals surface area contributed by atoms with Gasteiger partial charge in [-0.1, -0.05) is 52.5 Å². The van der Waals surface area contributed by atoms with E-state index in [-0.39, 0.29) is 0 Å². The summed E-state index contributed by atoms with van der Waals surface area (Å²) in [5, 5.41) is 0. The van der Waals surface area contributed by atoms with E-state index in [2.05, 4.69) is 34.3 Å². The largest absolute Gasteiger partial charge is 0.402 e. The van der Waals surface area contributed by atoms with Crippen molar-refractivity contribution in [2.45, 2.75) is 27.7 Å². The molecule has 0 atom stereocenters. The van der Waals surface area contributed by atoms with Gasteiger partial charge in [0.05, 0.1) is 0 Å². The first-order valence-electron chi connectivity index (χ1n) is 4.79. The third-order valence-corrected chi connectivity index (χ3v) is 1.99. The molecule has 0 aromatic heterocycles. The monoisotopic (exact) mass is 179 g/mol. The van der Waals surface area contributed by atoms with Crippen molar-refractivity contribution in [3.63, 3.8) is 0 Å². The highest BCUT2D eigenvalue weighted by Crippen LogP contribution is 2.18. The van der Waals surface area contributed by atoms with Gasteiger partial charge >= 0.3 is 0 Å². The van der Waals surface area contributed by atoms with E-state index in [4.69, 9.17) is 5.73 Å². The van der Waals surface area contributed by atoms with E-state index in [9.17, 15) is 0 Å². The summed E-state index contributed by atoms with van der Waals surface area (Å²) in [5.41, 5.74) is 8.19. The molecule has 0 fully saturated rings. The Kier molecular flexibility index (Phi) is 5.20. The Morgan fingerprint density at radius 2 is 1.69 bits per heavy atom. The number of hydrogen-bond donors (Lipinski definition) is 1. The van der Waals surface area contributed by atoms with Gasteiger partial charge in [0.25, 0.3) is 0 Å². The van der Waals surface area contributed by atoms with Crippen LogP contribution in [-0.2, 0) is 0 Å². The van der Waals surface area contributed by atoms with Crippen LogP contribution in [0.15, 0.2) is 36.1 Å². The molecule has 0 amide bonds. The predicted octanol–water partition coefficient (Wildman–Crippen LogP) is 3.25. The molecular formula is C12H21N. The minimum absolute atomic E-state index is 0.409. The Labute approximate surface area is 82.0 Å². The molecule has 0 aliphatic heterocycles. The van der Waals surface area contributed by atoms with Crippen LogP contribution < -0.4 is 5.73 Å². The molecule has 0 unspecified atom stereocenters. The van der Waals surface area contributed by atoms with Gasteiger partial charge in [0.2, 0.25) is 0 Å². The quantitative estimate of drug-likeness (QED) is 0.659. The summed E-state index contributed by atoms with van der Waals surface area (Å²) in [4.78, 5) is 0. The molecule has 1 heteroatoms. The SMILES string of the molecule is C=C/C=C\C(=C(\N)C(C)C)C(C)C. The van der Waals surface area contributed by atoms with Crippen LogP contribution in [0.1, 0.15) is 27.7 Å². The van der Waals surface area contributed by atoms with Gasteiger partial charge in [0.1, 0.15) is 0 Å². The van der Waals surface area contributed by atoms with Crippen LogP contribution in [0.4, 0.5) is 0 Å². The predicted molar refractivity (Wildman–Crippen MR) is 60.2 cm³/mol. The molecule has 13 heavy (non-hydrogen) atoms. The van der Waals surface area contributed by atoms with E-state index in [0.29, 0.717) is 11.8 Å². The lowest BCUT2D eigenvalue weighted by molar-refractivity contribution is 0.697. The molecule has 0 bridgehead atoms. The normalized spacial score (nSPS) is 14.0. The molecule has 0 saturated carbocycles. The Balaban J connectivity index is 4.88. The smallest absolute Gasteiger partial charge is 0.0142 e. The molecule has 74 valence electrons. The lowest BCUT2D eigenvalue weighted by Crippen LogP contribution is -2.11. The highest BCUT2D eigenvalue weighted by Gasteiger charge is 2.07. The zero-order chi connectivity index (χ0) is 10.4. The summed E-state index contributed by atoms with van der Waals surface area (Å²) in [6.07, 6.45) is 5.76. The van der Waals surface area contributed by atoms with Crippen LogP contribution in [0.3, 0.4) is 0 Å². The van der Waals surface area contributed by atoms with Gasteiger partial charge in [-0.15, -0.1) is 0 Å². The molecule has 2 N–H and O–H groups in total. The Morgan fingerprint density at radius 1 is 1.15 bits per heavy atom. The van der Waals surface area contributed by atoms with Crippen molar-refractivity contribution in [3.05, 3.63) is 36.1 Å². The summed E-state index contributed by atoms with van der Waals surface area (Å²) in [5.74, 6) is 0.880. The van der Waals surface area contributed by atoms with E-state index in [0.717, 1.165) is 5.70 Å². The minimum Gasteiger partial charge on any atom is -0.402 e. The van der Waals surface area contributed by atoms with Crippen LogP contribution in [0.2, 0.25) is 0 Å². The fourth-order valence-corrected chi connectivity index (χ4v) is 1.13. The average Bonchev–Trinajstić information content (AvgIpc) is 2.04. The summed E-state index contributed by atoms with van der Waals surface area (Å²) >= 11 is 0. The second kappa shape index (κ2) is 5.63. The van der Waals surface area contributed by atoms with Crippen molar-refractivity contribution in [1.29, 1.82) is 0 Å². The highest BCUT2D eigenvalue weighted by atomic mass is 14.6. The van der Waals surface area contributed by atoms with E-state index >= 15 is 0 Å². The van der Waals surface area contributed by atoms with Crippen molar-refractivity contribution in [1.82, 2.24) is 0 Å². The molecule has 0 spiro atoms. The van der Waals surface area contributed by atoms with Gasteiger partial charge in [-0.05, 0) is 17.4 Å². The first-order valence-corrected chi connectivity index (χ1v) is 4.79. The fourth-order valence-electron chi connectivity index (χ4n) is 1.13. The van der Waals surface area contributed by atoms with Crippen LogP contribution in [0.25, 0.3) is 0 Å². The van der Waals surface area contributed by atoms with Gasteiger partial charge in [0.15, 0.2) is 0 Å². The van der Waals surface area contributed by atoms with Crippen molar-refractivity contribution >= 4 is 0 Å². The van der Waals surface area contributed by atoms with Gasteiger partial charge in [-0.2, -0.15) is 0 Å². The maximum absolute atomic E-state index is 6.00. The molecular weight excluding hydrogens is 158 g/mol. The molecule has 1 nitrogen and oxygen atoms in total. The summed E-state index contributed by atoms with van der Waals surface area (Å²) in [6.45, 7) is 12.2. The summed E-state index contributed by atoms with van der Waals surface area (Å²) in [6, 6.07) is 0. The van der Waals surface area contributed by atoms with Crippen LogP contribution in [0.5, 0.6) is 0 Å². The lowest BCUT2D eigenvalue weighted by atomic mass is 9.95. The lowest BCUT2D eigenvalue weighted by Gasteiger charge is -2.14. The summed E-state index contributed by atoms with van der Waals surface area (Å²) < 4.78 is 0. The first kappa shape index (κ1) is 12.0. The van der Waals surface area contributed by atoms with Crippen molar-refractivity contribution in [2.75, 3.05) is 0 Å². The van der Waals surface area contributed by atoms with E-state index in [1.807, 2.05) is 12.2 Å². The maximum atomic E-state index is 6.00. The molecule has 0 saturated heterocycles. The number of allylic oxidation sites excluding steroid dienone is 5. The maximum Gasteiger partial charge on any atom is 0.0142 e. The second-order valence-electron chi connectivity index (χ2n) is 3.81. The second-order valence-corrected chi connectivity index (χ2v) is 3.81. The topological polar surface area (TPSA) is 26.0 Å². The third kappa shape index (κ3) is 3.97. The van der Waals surface area contributed by atoms with Crippen LogP contribution in [-0.4, -0.2) is 0 Å². The number of hydrogen-bond acceptors (Lipinski definition) is 1. The van der Waals surface area contributed by atoms with Gasteiger partial charge in [-0.3, -0.25) is 0 Å². The number of nitrogens with two attached hydrogens (primary N) is 1. The van der Waals surface area contributed by atoms with E-state index in [1.165, 1.54) is 5.57 Å². The van der Waals surface area contributed by atoms with Gasteiger partial charge in [-0.25, -0.2) is 0 Å². The van der Waals surface area contributed by atoms with Crippen LogP contribution in [0, 0.1) is 11.8 Å². The Morgan fingerprint density at radius 3 is 2.00 bits per heavy atom. The first-order chi connectivity index (χ1) is 6.00. The molecule has 0 rings (SSSR count). The number of rotatable bonds is 4. The Bertz CT molecular complexity index is 219. The van der Waals surface area contributed by atoms with Crippen molar-refractivity contribution in [2.24, 2.45) is 17.6 Å². The minimum atomic E-state index is 0.409. The van der Waals surface area contributed by atoms with E-state index in [1.54, 1.807) is 6.08 Å². The fraction of sp³-hybridized carbons (Fsp3) is 0.500. The molecule has 0 radical (unpaired) electrons. The Hall–Kier alpha value is -0.980. The standard InChI is InChI=1S/C12H21N/c1-6-7-8-11(9(2)3)12(13)10(4)5/h6-10H,1,13H2,2-5H3/b8-7-,12-11-. The molecule has 0 aromatic carbocycles. The highest BCUT2D eigenvalue weighted by molar-refractivity contribution is 5.28. The zero-order valence-corrected chi connectivity index (χ0v) is 9.17.